The number of methoxy groups -OCH3 is 1. The van der Waals surface area contributed by atoms with Crippen molar-refractivity contribution in [1.29, 1.82) is 0 Å². The number of furan rings is 1. The Morgan fingerprint density at radius 1 is 0.769 bits per heavy atom. The van der Waals surface area contributed by atoms with Crippen LogP contribution in [0, 0.1) is 13.8 Å². The van der Waals surface area contributed by atoms with Crippen molar-refractivity contribution in [3.8, 4) is 11.5 Å². The minimum absolute atomic E-state index is 0.774. The van der Waals surface area contributed by atoms with Gasteiger partial charge >= 0.3 is 0 Å². The summed E-state index contributed by atoms with van der Waals surface area (Å²) in [6.45, 7) is 7.13. The lowest BCUT2D eigenvalue weighted by Crippen LogP contribution is -1.98. The number of hydrogen-bond donors (Lipinski definition) is 0. The van der Waals surface area contributed by atoms with Crippen LogP contribution in [0.2, 0.25) is 0 Å². The van der Waals surface area contributed by atoms with Gasteiger partial charge < -0.3 is 13.9 Å². The fourth-order valence-electron chi connectivity index (χ4n) is 3.47. The van der Waals surface area contributed by atoms with Crippen LogP contribution >= 0.6 is 0 Å². The standard InChI is InChI=1S/C23H30O3/c1-5-6-7-8-9-10-11-25-21-15-19-18-14-20(24-4)16(2)12-22(18)26-23(19)13-17(21)3/h12-15H,5-11H2,1-4H3. The Morgan fingerprint density at radius 3 is 2.00 bits per heavy atom. The van der Waals surface area contributed by atoms with Crippen LogP contribution < -0.4 is 9.47 Å². The minimum Gasteiger partial charge on any atom is -0.496 e. The fourth-order valence-corrected chi connectivity index (χ4v) is 3.47. The predicted molar refractivity (Wildman–Crippen MR) is 109 cm³/mol. The van der Waals surface area contributed by atoms with Crippen molar-refractivity contribution in [3.63, 3.8) is 0 Å². The molecule has 0 aliphatic heterocycles. The number of fused-ring (bicyclic) bond motifs is 3. The summed E-state index contributed by atoms with van der Waals surface area (Å²) in [6.07, 6.45) is 7.63. The van der Waals surface area contributed by atoms with Crippen molar-refractivity contribution >= 4 is 21.9 Å². The highest BCUT2D eigenvalue weighted by Crippen LogP contribution is 2.36. The van der Waals surface area contributed by atoms with Gasteiger partial charge in [-0.05, 0) is 55.7 Å². The van der Waals surface area contributed by atoms with E-state index in [1.54, 1.807) is 7.11 Å². The summed E-state index contributed by atoms with van der Waals surface area (Å²) >= 11 is 0. The highest BCUT2D eigenvalue weighted by molar-refractivity contribution is 6.06. The third-order valence-corrected chi connectivity index (χ3v) is 5.04. The van der Waals surface area contributed by atoms with Gasteiger partial charge in [0.1, 0.15) is 22.7 Å². The van der Waals surface area contributed by atoms with E-state index in [1.807, 2.05) is 13.0 Å². The van der Waals surface area contributed by atoms with Gasteiger partial charge in [0, 0.05) is 10.8 Å². The Labute approximate surface area is 156 Å². The molecule has 0 radical (unpaired) electrons. The van der Waals surface area contributed by atoms with Crippen LogP contribution in [0.25, 0.3) is 21.9 Å². The highest BCUT2D eigenvalue weighted by atomic mass is 16.5. The van der Waals surface area contributed by atoms with Crippen LogP contribution in [-0.2, 0) is 0 Å². The molecule has 0 saturated carbocycles. The lowest BCUT2D eigenvalue weighted by molar-refractivity contribution is 0.303. The topological polar surface area (TPSA) is 31.6 Å². The van der Waals surface area contributed by atoms with E-state index in [-0.39, 0.29) is 0 Å². The maximum absolute atomic E-state index is 6.08. The summed E-state index contributed by atoms with van der Waals surface area (Å²) in [4.78, 5) is 0. The Morgan fingerprint density at radius 2 is 1.35 bits per heavy atom. The largest absolute Gasteiger partial charge is 0.496 e. The molecule has 0 N–H and O–H groups in total. The van der Waals surface area contributed by atoms with Gasteiger partial charge in [-0.3, -0.25) is 0 Å². The van der Waals surface area contributed by atoms with E-state index in [0.717, 1.165) is 57.6 Å². The molecule has 0 fully saturated rings. The van der Waals surface area contributed by atoms with Crippen LogP contribution in [0.3, 0.4) is 0 Å². The van der Waals surface area contributed by atoms with Gasteiger partial charge in [0.2, 0.25) is 0 Å². The van der Waals surface area contributed by atoms with Crippen molar-refractivity contribution in [3.05, 3.63) is 35.4 Å². The van der Waals surface area contributed by atoms with Crippen LogP contribution in [0.1, 0.15) is 56.6 Å². The quantitative estimate of drug-likeness (QED) is 0.390. The summed E-state index contributed by atoms with van der Waals surface area (Å²) in [5.74, 6) is 1.84. The van der Waals surface area contributed by atoms with Crippen LogP contribution in [-0.4, -0.2) is 13.7 Å². The van der Waals surface area contributed by atoms with E-state index in [2.05, 4.69) is 32.0 Å². The predicted octanol–water partition coefficient (Wildman–Crippen LogP) is 6.95. The first-order valence-corrected chi connectivity index (χ1v) is 9.78. The number of benzene rings is 2. The van der Waals surface area contributed by atoms with Gasteiger partial charge in [0.05, 0.1) is 13.7 Å². The van der Waals surface area contributed by atoms with E-state index in [9.17, 15) is 0 Å². The molecule has 26 heavy (non-hydrogen) atoms. The zero-order valence-electron chi connectivity index (χ0n) is 16.5. The molecule has 3 rings (SSSR count). The average molecular weight is 354 g/mol. The summed E-state index contributed by atoms with van der Waals surface area (Å²) < 4.78 is 17.6. The second kappa shape index (κ2) is 8.48. The lowest BCUT2D eigenvalue weighted by atomic mass is 10.1. The van der Waals surface area contributed by atoms with Crippen molar-refractivity contribution < 1.29 is 13.9 Å². The average Bonchev–Trinajstić information content (AvgIpc) is 2.96. The molecule has 3 aromatic rings. The molecule has 3 heteroatoms. The van der Waals surface area contributed by atoms with Crippen molar-refractivity contribution in [2.24, 2.45) is 0 Å². The van der Waals surface area contributed by atoms with Crippen LogP contribution in [0.5, 0.6) is 11.5 Å². The first-order valence-electron chi connectivity index (χ1n) is 9.78. The highest BCUT2D eigenvalue weighted by Gasteiger charge is 2.13. The smallest absolute Gasteiger partial charge is 0.135 e. The number of ether oxygens (including phenoxy) is 2. The van der Waals surface area contributed by atoms with E-state index in [1.165, 1.54) is 32.1 Å². The SMILES string of the molecule is CCCCCCCCOc1cc2c(cc1C)oc1cc(C)c(OC)cc12. The monoisotopic (exact) mass is 354 g/mol. The molecule has 0 aliphatic carbocycles. The third kappa shape index (κ3) is 3.98. The van der Waals surface area contributed by atoms with Gasteiger partial charge in [-0.25, -0.2) is 0 Å². The molecule has 1 heterocycles. The zero-order valence-corrected chi connectivity index (χ0v) is 16.5. The Balaban J connectivity index is 1.76. The zero-order chi connectivity index (χ0) is 18.5. The molecule has 0 spiro atoms. The lowest BCUT2D eigenvalue weighted by Gasteiger charge is -2.09. The fraction of sp³-hybridized carbons (Fsp3) is 0.478. The Bertz CT molecular complexity index is 876. The normalized spacial score (nSPS) is 11.4. The molecule has 0 atom stereocenters. The first kappa shape index (κ1) is 18.6. The second-order valence-corrected chi connectivity index (χ2v) is 7.15. The van der Waals surface area contributed by atoms with Crippen LogP contribution in [0.15, 0.2) is 28.7 Å². The second-order valence-electron chi connectivity index (χ2n) is 7.15. The van der Waals surface area contributed by atoms with E-state index < -0.39 is 0 Å². The maximum atomic E-state index is 6.08. The molecule has 140 valence electrons. The van der Waals surface area contributed by atoms with Gasteiger partial charge in [-0.2, -0.15) is 0 Å². The molecule has 0 unspecified atom stereocenters. The molecule has 1 aromatic heterocycles. The minimum atomic E-state index is 0.774. The van der Waals surface area contributed by atoms with E-state index >= 15 is 0 Å². The van der Waals surface area contributed by atoms with Crippen molar-refractivity contribution in [2.45, 2.75) is 59.3 Å². The molecule has 2 aromatic carbocycles. The Kier molecular flexibility index (Phi) is 6.08. The van der Waals surface area contributed by atoms with Gasteiger partial charge in [-0.15, -0.1) is 0 Å². The molecule has 0 bridgehead atoms. The van der Waals surface area contributed by atoms with Gasteiger partial charge in [0.25, 0.3) is 0 Å². The van der Waals surface area contributed by atoms with E-state index in [0.29, 0.717) is 0 Å². The summed E-state index contributed by atoms with van der Waals surface area (Å²) in [6, 6.07) is 8.29. The van der Waals surface area contributed by atoms with Crippen molar-refractivity contribution in [1.82, 2.24) is 0 Å². The third-order valence-electron chi connectivity index (χ3n) is 5.04. The summed E-state index contributed by atoms with van der Waals surface area (Å²) in [7, 11) is 1.70. The maximum Gasteiger partial charge on any atom is 0.135 e. The Hall–Kier alpha value is -2.16. The molecule has 0 aliphatic rings. The molecular weight excluding hydrogens is 324 g/mol. The van der Waals surface area contributed by atoms with Gasteiger partial charge in [-0.1, -0.05) is 39.0 Å². The molecule has 0 saturated heterocycles. The number of aryl methyl sites for hydroxylation is 2. The number of rotatable bonds is 9. The van der Waals surface area contributed by atoms with Crippen LogP contribution in [0.4, 0.5) is 0 Å². The summed E-state index contributed by atoms with van der Waals surface area (Å²) in [5, 5.41) is 2.16. The summed E-state index contributed by atoms with van der Waals surface area (Å²) in [5.41, 5.74) is 3.99. The van der Waals surface area contributed by atoms with Gasteiger partial charge in [0.15, 0.2) is 0 Å². The first-order chi connectivity index (χ1) is 12.6. The number of unbranched alkanes of at least 4 members (excludes halogenated alkanes) is 5. The molecular formula is C23H30O3. The molecule has 0 amide bonds. The number of hydrogen-bond acceptors (Lipinski definition) is 3. The molecule has 3 nitrogen and oxygen atoms in total. The van der Waals surface area contributed by atoms with E-state index in [4.69, 9.17) is 13.9 Å². The van der Waals surface area contributed by atoms with Crippen molar-refractivity contribution in [2.75, 3.05) is 13.7 Å².